The first-order chi connectivity index (χ1) is 13.5. The summed E-state index contributed by atoms with van der Waals surface area (Å²) in [4.78, 5) is 24.6. The Balaban J connectivity index is 1.51. The van der Waals surface area contributed by atoms with Crippen molar-refractivity contribution in [3.8, 4) is 12.3 Å². The minimum Gasteiger partial charge on any atom is -0.326 e. The summed E-state index contributed by atoms with van der Waals surface area (Å²) in [5.41, 5.74) is 0.735. The minimum absolute atomic E-state index is 0.134. The summed E-state index contributed by atoms with van der Waals surface area (Å²) in [7, 11) is 0. The second kappa shape index (κ2) is 8.48. The Bertz CT molecular complexity index is 907. The highest BCUT2D eigenvalue weighted by Crippen LogP contribution is 2.37. The van der Waals surface area contributed by atoms with E-state index in [9.17, 15) is 9.59 Å². The molecule has 1 aromatic carbocycles. The molecule has 0 spiro atoms. The zero-order valence-corrected chi connectivity index (χ0v) is 15.6. The van der Waals surface area contributed by atoms with Gasteiger partial charge in [0, 0.05) is 49.5 Å². The summed E-state index contributed by atoms with van der Waals surface area (Å²) in [5, 5.41) is 17.8. The molecule has 8 heteroatoms. The fourth-order valence-corrected chi connectivity index (χ4v) is 2.76. The topological polar surface area (TPSA) is 101 Å². The van der Waals surface area contributed by atoms with Gasteiger partial charge in [-0.15, -0.1) is 12.3 Å². The molecule has 1 atom stereocenters. The van der Waals surface area contributed by atoms with Gasteiger partial charge >= 0.3 is 0 Å². The number of terminal acetylenes is 1. The third kappa shape index (κ3) is 5.04. The third-order valence-corrected chi connectivity index (χ3v) is 4.52. The maximum atomic E-state index is 12.4. The number of anilines is 2. The smallest absolute Gasteiger partial charge is 0.248 e. The normalized spacial score (nSPS) is 14.7. The molecule has 0 saturated heterocycles. The van der Waals surface area contributed by atoms with Crippen molar-refractivity contribution in [2.24, 2.45) is 10.2 Å². The van der Waals surface area contributed by atoms with Gasteiger partial charge in [0.1, 0.15) is 6.04 Å². The van der Waals surface area contributed by atoms with Gasteiger partial charge in [-0.05, 0) is 31.2 Å². The van der Waals surface area contributed by atoms with E-state index in [-0.39, 0.29) is 11.8 Å². The van der Waals surface area contributed by atoms with E-state index in [4.69, 9.17) is 6.42 Å². The van der Waals surface area contributed by atoms with Crippen LogP contribution >= 0.6 is 0 Å². The van der Waals surface area contributed by atoms with Crippen LogP contribution in [0.4, 0.5) is 11.4 Å². The van der Waals surface area contributed by atoms with Crippen LogP contribution in [0.3, 0.4) is 0 Å². The summed E-state index contributed by atoms with van der Waals surface area (Å²) in [6, 6.07) is 8.33. The Morgan fingerprint density at radius 3 is 2.61 bits per heavy atom. The van der Waals surface area contributed by atoms with Crippen molar-refractivity contribution in [3.05, 3.63) is 42.7 Å². The van der Waals surface area contributed by atoms with Crippen molar-refractivity contribution >= 4 is 23.2 Å². The predicted octanol–water partition coefficient (Wildman–Crippen LogP) is 3.38. The average Bonchev–Trinajstić information content (AvgIpc) is 3.24. The van der Waals surface area contributed by atoms with Gasteiger partial charge in [0.25, 0.3) is 0 Å². The molecular formula is C20H22N6O2. The maximum absolute atomic E-state index is 12.4. The van der Waals surface area contributed by atoms with Crippen LogP contribution in [-0.4, -0.2) is 27.3 Å². The average molecular weight is 378 g/mol. The molecule has 2 N–H and O–H groups in total. The molecule has 2 heterocycles. The van der Waals surface area contributed by atoms with E-state index in [1.54, 1.807) is 54.3 Å². The number of hydrogen-bond acceptors (Lipinski definition) is 5. The number of benzene rings is 1. The van der Waals surface area contributed by atoms with Crippen LogP contribution < -0.4 is 10.6 Å². The van der Waals surface area contributed by atoms with E-state index in [2.05, 4.69) is 31.9 Å². The number of amides is 2. The van der Waals surface area contributed by atoms with Gasteiger partial charge in [-0.2, -0.15) is 15.3 Å². The molecule has 28 heavy (non-hydrogen) atoms. The number of nitrogens with zero attached hydrogens (tertiary/aromatic N) is 4. The van der Waals surface area contributed by atoms with E-state index in [0.29, 0.717) is 37.1 Å². The molecule has 1 aromatic heterocycles. The number of nitrogens with one attached hydrogen (secondary N) is 2. The zero-order chi connectivity index (χ0) is 20.0. The van der Waals surface area contributed by atoms with Gasteiger partial charge in [0.15, 0.2) is 5.66 Å². The first kappa shape index (κ1) is 19.3. The molecule has 8 nitrogen and oxygen atoms in total. The molecule has 3 rings (SSSR count). The minimum atomic E-state index is -0.470. The number of aromatic nitrogens is 2. The van der Waals surface area contributed by atoms with Gasteiger partial charge < -0.3 is 10.6 Å². The van der Waals surface area contributed by atoms with E-state index in [1.165, 1.54) is 0 Å². The van der Waals surface area contributed by atoms with E-state index >= 15 is 0 Å². The molecule has 1 aliphatic heterocycles. The van der Waals surface area contributed by atoms with Crippen molar-refractivity contribution in [1.29, 1.82) is 0 Å². The third-order valence-electron chi connectivity index (χ3n) is 4.52. The SMILES string of the molecule is C#CCCC1(CCC(=O)Nc2cccc(NC(=O)C(C)n3cccn3)c2)N=N1. The van der Waals surface area contributed by atoms with Crippen LogP contribution in [0, 0.1) is 12.3 Å². The fourth-order valence-electron chi connectivity index (χ4n) is 2.76. The quantitative estimate of drug-likeness (QED) is 0.654. The molecule has 144 valence electrons. The molecular weight excluding hydrogens is 356 g/mol. The summed E-state index contributed by atoms with van der Waals surface area (Å²) >= 11 is 0. The summed E-state index contributed by atoms with van der Waals surface area (Å²) in [6.45, 7) is 1.76. The predicted molar refractivity (Wildman–Crippen MR) is 106 cm³/mol. The van der Waals surface area contributed by atoms with Crippen molar-refractivity contribution in [3.63, 3.8) is 0 Å². The molecule has 0 bridgehead atoms. The molecule has 2 amide bonds. The van der Waals surface area contributed by atoms with E-state index in [1.807, 2.05) is 0 Å². The number of carbonyl (C=O) groups excluding carboxylic acids is 2. The maximum Gasteiger partial charge on any atom is 0.248 e. The molecule has 0 aliphatic carbocycles. The highest BCUT2D eigenvalue weighted by molar-refractivity contribution is 5.95. The van der Waals surface area contributed by atoms with E-state index in [0.717, 1.165) is 0 Å². The standard InChI is InChI=1S/C20H22N6O2/c1-3-4-10-20(24-25-20)11-9-18(27)22-16-7-5-8-17(14-16)23-19(28)15(2)26-13-6-12-21-26/h1,5-8,12-15H,4,9-11H2,2H3,(H,22,27)(H,23,28). The monoisotopic (exact) mass is 378 g/mol. The van der Waals surface area contributed by atoms with Crippen LogP contribution in [0.5, 0.6) is 0 Å². The Morgan fingerprint density at radius 2 is 1.96 bits per heavy atom. The molecule has 1 aliphatic rings. The zero-order valence-electron chi connectivity index (χ0n) is 15.6. The summed E-state index contributed by atoms with van der Waals surface area (Å²) < 4.78 is 1.57. The highest BCUT2D eigenvalue weighted by atomic mass is 16.2. The van der Waals surface area contributed by atoms with Gasteiger partial charge in [0.05, 0.1) is 0 Å². The fraction of sp³-hybridized carbons (Fsp3) is 0.350. The van der Waals surface area contributed by atoms with Gasteiger partial charge in [-0.25, -0.2) is 0 Å². The van der Waals surface area contributed by atoms with Crippen LogP contribution in [0.15, 0.2) is 53.0 Å². The first-order valence-corrected chi connectivity index (χ1v) is 9.09. The lowest BCUT2D eigenvalue weighted by Crippen LogP contribution is -2.24. The van der Waals surface area contributed by atoms with Crippen molar-refractivity contribution in [2.45, 2.75) is 44.3 Å². The Labute approximate surface area is 163 Å². The van der Waals surface area contributed by atoms with Crippen LogP contribution in [-0.2, 0) is 9.59 Å². The molecule has 0 fully saturated rings. The van der Waals surface area contributed by atoms with Gasteiger partial charge in [0.2, 0.25) is 11.8 Å². The molecule has 0 saturated carbocycles. The Kier molecular flexibility index (Phi) is 5.84. The van der Waals surface area contributed by atoms with Crippen LogP contribution in [0.2, 0.25) is 0 Å². The van der Waals surface area contributed by atoms with Crippen LogP contribution in [0.25, 0.3) is 0 Å². The lowest BCUT2D eigenvalue weighted by atomic mass is 10.0. The Hall–Kier alpha value is -3.47. The van der Waals surface area contributed by atoms with Crippen molar-refractivity contribution in [1.82, 2.24) is 9.78 Å². The summed E-state index contributed by atoms with van der Waals surface area (Å²) in [5.74, 6) is 2.24. The lowest BCUT2D eigenvalue weighted by Gasteiger charge is -2.14. The first-order valence-electron chi connectivity index (χ1n) is 9.09. The van der Waals surface area contributed by atoms with Gasteiger partial charge in [-0.1, -0.05) is 6.07 Å². The number of rotatable bonds is 9. The Morgan fingerprint density at radius 1 is 1.21 bits per heavy atom. The largest absolute Gasteiger partial charge is 0.326 e. The molecule has 1 unspecified atom stereocenters. The number of carbonyl (C=O) groups is 2. The van der Waals surface area contributed by atoms with Crippen molar-refractivity contribution in [2.75, 3.05) is 10.6 Å². The highest BCUT2D eigenvalue weighted by Gasteiger charge is 2.39. The van der Waals surface area contributed by atoms with Crippen LogP contribution in [0.1, 0.15) is 38.6 Å². The number of hydrogen-bond donors (Lipinski definition) is 2. The van der Waals surface area contributed by atoms with E-state index < -0.39 is 11.7 Å². The second-order valence-electron chi connectivity index (χ2n) is 6.67. The lowest BCUT2D eigenvalue weighted by molar-refractivity contribution is -0.119. The van der Waals surface area contributed by atoms with Gasteiger partial charge in [-0.3, -0.25) is 14.3 Å². The van der Waals surface area contributed by atoms with Crippen molar-refractivity contribution < 1.29 is 9.59 Å². The second-order valence-corrected chi connectivity index (χ2v) is 6.67. The summed E-state index contributed by atoms with van der Waals surface area (Å²) in [6.07, 6.45) is 10.7. The molecule has 0 radical (unpaired) electrons. The molecule has 2 aromatic rings.